The number of carbonyl (C=O) groups excluding carboxylic acids is 3. The van der Waals surface area contributed by atoms with Crippen molar-refractivity contribution in [3.63, 3.8) is 0 Å². The highest BCUT2D eigenvalue weighted by Gasteiger charge is 2.17. The molecule has 0 aliphatic carbocycles. The minimum atomic E-state index is -0.518. The van der Waals surface area contributed by atoms with Crippen LogP contribution in [0.3, 0.4) is 0 Å². The van der Waals surface area contributed by atoms with Crippen molar-refractivity contribution in [2.75, 3.05) is 26.7 Å². The van der Waals surface area contributed by atoms with Gasteiger partial charge < -0.3 is 19.4 Å². The largest absolute Gasteiger partial charge is 0.465 e. The fourth-order valence-electron chi connectivity index (χ4n) is 1.31. The van der Waals surface area contributed by atoms with Crippen molar-refractivity contribution in [3.05, 3.63) is 24.2 Å². The number of likely N-dealkylation sites (N-methyl/N-ethyl adjacent to an activating group) is 1. The zero-order valence-corrected chi connectivity index (χ0v) is 10.8. The third-order valence-electron chi connectivity index (χ3n) is 2.19. The summed E-state index contributed by atoms with van der Waals surface area (Å²) in [5.74, 6) is -1.22. The number of hydrogen-bond donors (Lipinski definition) is 1. The van der Waals surface area contributed by atoms with Crippen molar-refractivity contribution >= 4 is 17.8 Å². The maximum absolute atomic E-state index is 11.7. The molecule has 1 aromatic rings. The van der Waals surface area contributed by atoms with Gasteiger partial charge in [0.15, 0.2) is 5.76 Å². The predicted molar refractivity (Wildman–Crippen MR) is 65.3 cm³/mol. The van der Waals surface area contributed by atoms with Crippen LogP contribution in [0.4, 0.5) is 0 Å². The highest BCUT2D eigenvalue weighted by Crippen LogP contribution is 2.03. The smallest absolute Gasteiger partial charge is 0.325 e. The molecule has 0 saturated heterocycles. The Hall–Kier alpha value is -2.31. The molecule has 1 heterocycles. The highest BCUT2D eigenvalue weighted by molar-refractivity contribution is 5.94. The topological polar surface area (TPSA) is 88.9 Å². The molecule has 0 fully saturated rings. The predicted octanol–water partition coefficient (Wildman–Crippen LogP) is 0.0309. The molecule has 0 aromatic carbocycles. The lowest BCUT2D eigenvalue weighted by atomic mass is 10.4. The van der Waals surface area contributed by atoms with Gasteiger partial charge in [0.25, 0.3) is 5.91 Å². The van der Waals surface area contributed by atoms with Crippen molar-refractivity contribution in [2.24, 2.45) is 0 Å². The van der Waals surface area contributed by atoms with E-state index in [1.807, 2.05) is 0 Å². The lowest BCUT2D eigenvalue weighted by molar-refractivity contribution is -0.143. The van der Waals surface area contributed by atoms with Crippen molar-refractivity contribution in [3.8, 4) is 0 Å². The van der Waals surface area contributed by atoms with Crippen molar-refractivity contribution in [1.29, 1.82) is 0 Å². The molecule has 104 valence electrons. The standard InChI is InChI=1S/C12H16N2O5/c1-3-18-11(16)7-13-10(15)8-14(2)12(17)9-5-4-6-19-9/h4-6H,3,7-8H2,1-2H3,(H,13,15). The average molecular weight is 268 g/mol. The summed E-state index contributed by atoms with van der Waals surface area (Å²) in [7, 11) is 1.47. The number of nitrogens with zero attached hydrogens (tertiary/aromatic N) is 1. The number of hydrogen-bond acceptors (Lipinski definition) is 5. The van der Waals surface area contributed by atoms with Gasteiger partial charge in [-0.25, -0.2) is 0 Å². The molecule has 1 rings (SSSR count). The first-order valence-corrected chi connectivity index (χ1v) is 5.76. The second-order valence-electron chi connectivity index (χ2n) is 3.72. The first-order chi connectivity index (χ1) is 9.04. The molecule has 7 heteroatoms. The summed E-state index contributed by atoms with van der Waals surface area (Å²) in [4.78, 5) is 35.5. The van der Waals surface area contributed by atoms with Crippen LogP contribution in [0.15, 0.2) is 22.8 Å². The molecule has 1 N–H and O–H groups in total. The van der Waals surface area contributed by atoms with Crippen LogP contribution in [-0.4, -0.2) is 49.4 Å². The van der Waals surface area contributed by atoms with Gasteiger partial charge in [-0.3, -0.25) is 14.4 Å². The third-order valence-corrected chi connectivity index (χ3v) is 2.19. The van der Waals surface area contributed by atoms with Crippen molar-refractivity contribution in [2.45, 2.75) is 6.92 Å². The molecule has 7 nitrogen and oxygen atoms in total. The Bertz CT molecular complexity index is 441. The summed E-state index contributed by atoms with van der Waals surface area (Å²) < 4.78 is 9.59. The quantitative estimate of drug-likeness (QED) is 0.735. The van der Waals surface area contributed by atoms with Crippen LogP contribution < -0.4 is 5.32 Å². The van der Waals surface area contributed by atoms with Crippen molar-refractivity contribution < 1.29 is 23.5 Å². The van der Waals surface area contributed by atoms with Gasteiger partial charge >= 0.3 is 5.97 Å². The maximum Gasteiger partial charge on any atom is 0.325 e. The molecule has 19 heavy (non-hydrogen) atoms. The van der Waals surface area contributed by atoms with Gasteiger partial charge in [0.1, 0.15) is 6.54 Å². The summed E-state index contributed by atoms with van der Waals surface area (Å²) in [5.41, 5.74) is 0. The van der Waals surface area contributed by atoms with Crippen molar-refractivity contribution in [1.82, 2.24) is 10.2 Å². The molecular weight excluding hydrogens is 252 g/mol. The Morgan fingerprint density at radius 2 is 2.16 bits per heavy atom. The molecular formula is C12H16N2O5. The summed E-state index contributed by atoms with van der Waals surface area (Å²) >= 11 is 0. The molecule has 0 atom stereocenters. The Balaban J connectivity index is 2.36. The zero-order valence-electron chi connectivity index (χ0n) is 10.8. The number of rotatable bonds is 6. The first kappa shape index (κ1) is 14.7. The molecule has 0 radical (unpaired) electrons. The number of carbonyl (C=O) groups is 3. The lowest BCUT2D eigenvalue weighted by Gasteiger charge is -2.15. The van der Waals surface area contributed by atoms with Crippen LogP contribution in [0.2, 0.25) is 0 Å². The monoisotopic (exact) mass is 268 g/mol. The minimum Gasteiger partial charge on any atom is -0.465 e. The summed E-state index contributed by atoms with van der Waals surface area (Å²) in [6.45, 7) is 1.55. The molecule has 0 bridgehead atoms. The van der Waals surface area contributed by atoms with E-state index in [2.05, 4.69) is 10.1 Å². The molecule has 0 unspecified atom stereocenters. The second kappa shape index (κ2) is 7.20. The number of esters is 1. The number of nitrogens with one attached hydrogen (secondary N) is 1. The van der Waals surface area contributed by atoms with Gasteiger partial charge in [0.05, 0.1) is 19.4 Å². The number of ether oxygens (including phenoxy) is 1. The fraction of sp³-hybridized carbons (Fsp3) is 0.417. The Morgan fingerprint density at radius 3 is 2.74 bits per heavy atom. The first-order valence-electron chi connectivity index (χ1n) is 5.76. The van der Waals surface area contributed by atoms with Crippen LogP contribution in [-0.2, 0) is 14.3 Å². The normalized spacial score (nSPS) is 9.79. The molecule has 0 spiro atoms. The van der Waals surface area contributed by atoms with E-state index in [9.17, 15) is 14.4 Å². The highest BCUT2D eigenvalue weighted by atomic mass is 16.5. The number of amides is 2. The average Bonchev–Trinajstić information content (AvgIpc) is 2.89. The van der Waals surface area contributed by atoms with Gasteiger partial charge in [-0.15, -0.1) is 0 Å². The van der Waals surface area contributed by atoms with E-state index in [4.69, 9.17) is 4.42 Å². The van der Waals surface area contributed by atoms with Crippen LogP contribution in [0.5, 0.6) is 0 Å². The number of furan rings is 1. The summed E-state index contributed by atoms with van der Waals surface area (Å²) in [5, 5.41) is 2.36. The minimum absolute atomic E-state index is 0.153. The van der Waals surface area contributed by atoms with Gasteiger partial charge in [-0.05, 0) is 19.1 Å². The SMILES string of the molecule is CCOC(=O)CNC(=O)CN(C)C(=O)c1ccco1. The molecule has 1 aromatic heterocycles. The maximum atomic E-state index is 11.7. The van der Waals surface area contributed by atoms with E-state index in [0.29, 0.717) is 0 Å². The summed E-state index contributed by atoms with van der Waals surface area (Å²) in [6.07, 6.45) is 1.38. The van der Waals surface area contributed by atoms with Crippen LogP contribution >= 0.6 is 0 Å². The Labute approximate surface area is 110 Å². The van der Waals surface area contributed by atoms with E-state index in [1.165, 1.54) is 24.3 Å². The zero-order chi connectivity index (χ0) is 14.3. The van der Waals surface area contributed by atoms with E-state index < -0.39 is 17.8 Å². The lowest BCUT2D eigenvalue weighted by Crippen LogP contribution is -2.40. The third kappa shape index (κ3) is 4.82. The van der Waals surface area contributed by atoms with Crippen LogP contribution in [0.1, 0.15) is 17.5 Å². The van der Waals surface area contributed by atoms with Gasteiger partial charge in [-0.2, -0.15) is 0 Å². The van der Waals surface area contributed by atoms with Gasteiger partial charge in [-0.1, -0.05) is 0 Å². The van der Waals surface area contributed by atoms with Crippen LogP contribution in [0.25, 0.3) is 0 Å². The molecule has 2 amide bonds. The Kier molecular flexibility index (Phi) is 5.59. The van der Waals surface area contributed by atoms with E-state index in [0.717, 1.165) is 0 Å². The van der Waals surface area contributed by atoms with E-state index in [-0.39, 0.29) is 25.5 Å². The van der Waals surface area contributed by atoms with Crippen LogP contribution in [0, 0.1) is 0 Å². The fourth-order valence-corrected chi connectivity index (χ4v) is 1.31. The van der Waals surface area contributed by atoms with E-state index in [1.54, 1.807) is 13.0 Å². The van der Waals surface area contributed by atoms with Gasteiger partial charge in [0.2, 0.25) is 5.91 Å². The second-order valence-corrected chi connectivity index (χ2v) is 3.72. The van der Waals surface area contributed by atoms with Gasteiger partial charge in [0, 0.05) is 7.05 Å². The molecule has 0 aliphatic rings. The molecule has 0 aliphatic heterocycles. The summed E-state index contributed by atoms with van der Waals surface area (Å²) in [6, 6.07) is 3.09. The molecule has 0 saturated carbocycles. The van der Waals surface area contributed by atoms with E-state index >= 15 is 0 Å². The Morgan fingerprint density at radius 1 is 1.42 bits per heavy atom.